The minimum atomic E-state index is -0.803. The molecule has 0 spiro atoms. The van der Waals surface area contributed by atoms with Crippen LogP contribution in [0.15, 0.2) is 35.1 Å². The highest BCUT2D eigenvalue weighted by Gasteiger charge is 2.45. The monoisotopic (exact) mass is 390 g/mol. The third-order valence-electron chi connectivity index (χ3n) is 4.94. The van der Waals surface area contributed by atoms with Crippen molar-refractivity contribution in [3.8, 4) is 0 Å². The number of hydrogen-bond donors (Lipinski definition) is 0. The number of aryl methyl sites for hydroxylation is 1. The Kier molecular flexibility index (Phi) is 5.85. The van der Waals surface area contributed by atoms with Gasteiger partial charge in [0.25, 0.3) is 5.91 Å². The van der Waals surface area contributed by atoms with Gasteiger partial charge in [-0.1, -0.05) is 23.7 Å². The van der Waals surface area contributed by atoms with E-state index in [9.17, 15) is 9.59 Å². The molecule has 1 atom stereocenters. The van der Waals surface area contributed by atoms with Crippen LogP contribution in [0.3, 0.4) is 0 Å². The van der Waals surface area contributed by atoms with Gasteiger partial charge in [-0.15, -0.1) is 0 Å². The van der Waals surface area contributed by atoms with Gasteiger partial charge in [0, 0.05) is 18.1 Å². The molecule has 27 heavy (non-hydrogen) atoms. The van der Waals surface area contributed by atoms with Gasteiger partial charge in [0.05, 0.1) is 17.7 Å². The molecule has 1 saturated heterocycles. The molecule has 1 fully saturated rings. The first-order chi connectivity index (χ1) is 12.9. The number of carbonyl (C=O) groups excluding carboxylic acids is 2. The zero-order chi connectivity index (χ0) is 19.4. The van der Waals surface area contributed by atoms with Gasteiger partial charge in [0.15, 0.2) is 6.39 Å². The highest BCUT2D eigenvalue weighted by Crippen LogP contribution is 2.36. The van der Waals surface area contributed by atoms with E-state index in [0.717, 1.165) is 5.56 Å². The minimum absolute atomic E-state index is 0.220. The molecule has 0 radical (unpaired) electrons. The maximum absolute atomic E-state index is 12.9. The van der Waals surface area contributed by atoms with E-state index >= 15 is 0 Å². The standard InChI is InChI=1S/C20H23ClN2O4/c1-3-26-19(25)20(11-15-6-4-7-16(21)10-15)8-5-9-23(12-20)18(24)17-14(2)22-13-27-17/h4,6-7,10,13H,3,5,8-9,11-12H2,1-2H3/t20-/m0/s1. The van der Waals surface area contributed by atoms with Crippen LogP contribution in [-0.4, -0.2) is 41.5 Å². The topological polar surface area (TPSA) is 72.6 Å². The molecule has 2 heterocycles. The van der Waals surface area contributed by atoms with E-state index in [1.54, 1.807) is 24.8 Å². The summed E-state index contributed by atoms with van der Waals surface area (Å²) in [4.78, 5) is 31.4. The largest absolute Gasteiger partial charge is 0.466 e. The molecule has 0 saturated carbocycles. The highest BCUT2D eigenvalue weighted by molar-refractivity contribution is 6.30. The molecule has 0 aliphatic carbocycles. The van der Waals surface area contributed by atoms with Gasteiger partial charge in [0.2, 0.25) is 5.76 Å². The Morgan fingerprint density at radius 2 is 2.22 bits per heavy atom. The van der Waals surface area contributed by atoms with Crippen LogP contribution in [0.2, 0.25) is 5.02 Å². The summed E-state index contributed by atoms with van der Waals surface area (Å²) >= 11 is 6.11. The molecule has 3 rings (SSSR count). The molecule has 1 aliphatic heterocycles. The first-order valence-electron chi connectivity index (χ1n) is 9.06. The van der Waals surface area contributed by atoms with Crippen molar-refractivity contribution in [1.82, 2.24) is 9.88 Å². The Morgan fingerprint density at radius 3 is 2.89 bits per heavy atom. The molecule has 144 valence electrons. The van der Waals surface area contributed by atoms with Crippen molar-refractivity contribution < 1.29 is 18.7 Å². The maximum atomic E-state index is 12.9. The van der Waals surface area contributed by atoms with Crippen LogP contribution in [0.25, 0.3) is 0 Å². The van der Waals surface area contributed by atoms with Crippen LogP contribution in [0.5, 0.6) is 0 Å². The molecule has 1 aromatic heterocycles. The predicted octanol–water partition coefficient (Wildman–Crippen LogP) is 3.66. The Bertz CT molecular complexity index is 835. The number of esters is 1. The summed E-state index contributed by atoms with van der Waals surface area (Å²) in [6.07, 6.45) is 3.08. The van der Waals surface area contributed by atoms with Crippen LogP contribution in [-0.2, 0) is 16.0 Å². The van der Waals surface area contributed by atoms with Crippen LogP contribution < -0.4 is 0 Å². The van der Waals surface area contributed by atoms with Crippen molar-refractivity contribution in [3.05, 3.63) is 52.7 Å². The summed E-state index contributed by atoms with van der Waals surface area (Å²) in [6, 6.07) is 7.45. The van der Waals surface area contributed by atoms with Crippen molar-refractivity contribution >= 4 is 23.5 Å². The van der Waals surface area contributed by atoms with Crippen LogP contribution in [0.4, 0.5) is 0 Å². The van der Waals surface area contributed by atoms with Gasteiger partial charge in [0.1, 0.15) is 0 Å². The Balaban J connectivity index is 1.89. The average Bonchev–Trinajstić information content (AvgIpc) is 3.07. The third kappa shape index (κ3) is 4.16. The third-order valence-corrected chi connectivity index (χ3v) is 5.18. The van der Waals surface area contributed by atoms with Crippen molar-refractivity contribution in [2.45, 2.75) is 33.1 Å². The van der Waals surface area contributed by atoms with Gasteiger partial charge >= 0.3 is 5.97 Å². The SMILES string of the molecule is CCOC(=O)[C@]1(Cc2cccc(Cl)c2)CCCN(C(=O)c2ocnc2C)C1. The van der Waals surface area contributed by atoms with Crippen LogP contribution >= 0.6 is 11.6 Å². The molecule has 1 aromatic carbocycles. The fourth-order valence-electron chi connectivity index (χ4n) is 3.66. The van der Waals surface area contributed by atoms with Gasteiger partial charge in [-0.3, -0.25) is 9.59 Å². The number of piperidine rings is 1. The number of benzene rings is 1. The Morgan fingerprint density at radius 1 is 1.41 bits per heavy atom. The predicted molar refractivity (Wildman–Crippen MR) is 101 cm³/mol. The number of aromatic nitrogens is 1. The van der Waals surface area contributed by atoms with E-state index in [4.69, 9.17) is 20.8 Å². The molecule has 0 N–H and O–H groups in total. The second kappa shape index (κ2) is 8.13. The number of nitrogens with zero attached hydrogens (tertiary/aromatic N) is 2. The zero-order valence-corrected chi connectivity index (χ0v) is 16.3. The van der Waals surface area contributed by atoms with E-state index in [0.29, 0.717) is 43.1 Å². The average molecular weight is 391 g/mol. The quantitative estimate of drug-likeness (QED) is 0.728. The second-order valence-corrected chi connectivity index (χ2v) is 7.34. The van der Waals surface area contributed by atoms with Gasteiger partial charge in [-0.05, 0) is 50.8 Å². The Hall–Kier alpha value is -2.34. The van der Waals surface area contributed by atoms with Crippen molar-refractivity contribution in [3.63, 3.8) is 0 Å². The zero-order valence-electron chi connectivity index (χ0n) is 15.5. The molecular weight excluding hydrogens is 368 g/mol. The summed E-state index contributed by atoms with van der Waals surface area (Å²) in [5.41, 5.74) is 0.686. The number of hydrogen-bond acceptors (Lipinski definition) is 5. The molecule has 1 amide bonds. The molecule has 0 bridgehead atoms. The molecule has 2 aromatic rings. The van der Waals surface area contributed by atoms with E-state index in [1.165, 1.54) is 6.39 Å². The lowest BCUT2D eigenvalue weighted by molar-refractivity contribution is -0.158. The number of ether oxygens (including phenoxy) is 1. The number of amides is 1. The molecular formula is C20H23ClN2O4. The smallest absolute Gasteiger partial charge is 0.314 e. The van der Waals surface area contributed by atoms with E-state index in [2.05, 4.69) is 4.98 Å². The fraction of sp³-hybridized carbons (Fsp3) is 0.450. The first-order valence-corrected chi connectivity index (χ1v) is 9.44. The normalized spacial score (nSPS) is 19.7. The fourth-order valence-corrected chi connectivity index (χ4v) is 3.87. The Labute approximate surface area is 163 Å². The molecule has 0 unspecified atom stereocenters. The van der Waals surface area contributed by atoms with Gasteiger partial charge in [-0.25, -0.2) is 4.98 Å². The lowest BCUT2D eigenvalue weighted by Crippen LogP contribution is -2.51. The summed E-state index contributed by atoms with van der Waals surface area (Å²) in [7, 11) is 0. The molecule has 1 aliphatic rings. The lowest BCUT2D eigenvalue weighted by atomic mass is 9.75. The molecule has 6 nitrogen and oxygen atoms in total. The molecule has 7 heteroatoms. The van der Waals surface area contributed by atoms with E-state index < -0.39 is 5.41 Å². The second-order valence-electron chi connectivity index (χ2n) is 6.90. The summed E-state index contributed by atoms with van der Waals surface area (Å²) in [5.74, 6) is -0.307. The summed E-state index contributed by atoms with van der Waals surface area (Å²) < 4.78 is 10.6. The van der Waals surface area contributed by atoms with E-state index in [-0.39, 0.29) is 24.2 Å². The van der Waals surface area contributed by atoms with Crippen molar-refractivity contribution in [2.24, 2.45) is 5.41 Å². The van der Waals surface area contributed by atoms with Crippen LogP contribution in [0.1, 0.15) is 41.6 Å². The number of halogens is 1. The number of carbonyl (C=O) groups is 2. The minimum Gasteiger partial charge on any atom is -0.466 e. The highest BCUT2D eigenvalue weighted by atomic mass is 35.5. The van der Waals surface area contributed by atoms with Crippen molar-refractivity contribution in [2.75, 3.05) is 19.7 Å². The maximum Gasteiger partial charge on any atom is 0.314 e. The van der Waals surface area contributed by atoms with Gasteiger partial charge < -0.3 is 14.1 Å². The number of rotatable bonds is 5. The number of likely N-dealkylation sites (tertiary alicyclic amines) is 1. The summed E-state index contributed by atoms with van der Waals surface area (Å²) in [5, 5.41) is 0.618. The first kappa shape index (κ1) is 19.4. The van der Waals surface area contributed by atoms with Gasteiger partial charge in [-0.2, -0.15) is 0 Å². The lowest BCUT2D eigenvalue weighted by Gasteiger charge is -2.40. The van der Waals surface area contributed by atoms with Crippen molar-refractivity contribution in [1.29, 1.82) is 0 Å². The van der Waals surface area contributed by atoms with E-state index in [1.807, 2.05) is 18.2 Å². The number of oxazole rings is 1. The van der Waals surface area contributed by atoms with Crippen LogP contribution in [0, 0.1) is 12.3 Å². The summed E-state index contributed by atoms with van der Waals surface area (Å²) in [6.45, 7) is 4.65.